The zero-order valence-electron chi connectivity index (χ0n) is 14.2. The number of carbonyl (C=O) groups excluding carboxylic acids is 2. The summed E-state index contributed by atoms with van der Waals surface area (Å²) in [6.45, 7) is 6.46. The molecule has 0 bridgehead atoms. The van der Waals surface area contributed by atoms with Gasteiger partial charge in [0.25, 0.3) is 5.91 Å². The van der Waals surface area contributed by atoms with Crippen LogP contribution in [0.25, 0.3) is 0 Å². The molecule has 2 amide bonds. The molecule has 23 heavy (non-hydrogen) atoms. The summed E-state index contributed by atoms with van der Waals surface area (Å²) in [4.78, 5) is 26.4. The van der Waals surface area contributed by atoms with Gasteiger partial charge in [0.1, 0.15) is 0 Å². The van der Waals surface area contributed by atoms with Gasteiger partial charge in [-0.15, -0.1) is 0 Å². The van der Waals surface area contributed by atoms with Crippen LogP contribution < -0.4 is 15.5 Å². The molecule has 1 saturated heterocycles. The fourth-order valence-electron chi connectivity index (χ4n) is 2.79. The number of hydrogen-bond donors (Lipinski definition) is 2. The molecule has 0 saturated carbocycles. The molecule has 0 radical (unpaired) electrons. The third kappa shape index (κ3) is 4.71. The van der Waals surface area contributed by atoms with Gasteiger partial charge in [0.2, 0.25) is 5.91 Å². The van der Waals surface area contributed by atoms with E-state index >= 15 is 0 Å². The minimum atomic E-state index is -0.0694. The van der Waals surface area contributed by atoms with Crippen molar-refractivity contribution in [3.8, 4) is 0 Å². The van der Waals surface area contributed by atoms with Crippen LogP contribution in [-0.2, 0) is 4.79 Å². The van der Waals surface area contributed by atoms with E-state index in [1.165, 1.54) is 6.42 Å². The number of nitrogens with one attached hydrogen (secondary N) is 2. The topological polar surface area (TPSA) is 61.4 Å². The smallest absolute Gasteiger partial charge is 0.253 e. The van der Waals surface area contributed by atoms with E-state index in [0.717, 1.165) is 38.0 Å². The van der Waals surface area contributed by atoms with Gasteiger partial charge in [-0.3, -0.25) is 9.59 Å². The van der Waals surface area contributed by atoms with Crippen LogP contribution in [0.5, 0.6) is 0 Å². The van der Waals surface area contributed by atoms with E-state index in [0.29, 0.717) is 24.2 Å². The van der Waals surface area contributed by atoms with Gasteiger partial charge >= 0.3 is 0 Å². The van der Waals surface area contributed by atoms with Crippen LogP contribution in [0, 0.1) is 0 Å². The standard InChI is InChI=1S/C18H27N3O2/c1-3-10-19-18(23)15-13-14(20-17(22)4-2)8-9-16(15)21-11-6-5-7-12-21/h8-9,13H,3-7,10-12H2,1-2H3,(H,19,23)(H,20,22). The summed E-state index contributed by atoms with van der Waals surface area (Å²) in [7, 11) is 0. The van der Waals surface area contributed by atoms with E-state index in [2.05, 4.69) is 15.5 Å². The fraction of sp³-hybridized carbons (Fsp3) is 0.556. The first-order valence-corrected chi connectivity index (χ1v) is 8.62. The maximum atomic E-state index is 12.5. The predicted molar refractivity (Wildman–Crippen MR) is 94.1 cm³/mol. The highest BCUT2D eigenvalue weighted by molar-refractivity contribution is 6.02. The zero-order valence-corrected chi connectivity index (χ0v) is 14.2. The van der Waals surface area contributed by atoms with Crippen molar-refractivity contribution in [2.45, 2.75) is 46.0 Å². The molecule has 0 atom stereocenters. The normalized spacial score (nSPS) is 14.4. The second-order valence-corrected chi connectivity index (χ2v) is 5.94. The summed E-state index contributed by atoms with van der Waals surface area (Å²) >= 11 is 0. The Balaban J connectivity index is 2.27. The highest BCUT2D eigenvalue weighted by Gasteiger charge is 2.19. The SMILES string of the molecule is CCCNC(=O)c1cc(NC(=O)CC)ccc1N1CCCCC1. The summed E-state index contributed by atoms with van der Waals surface area (Å²) in [6.07, 6.45) is 4.88. The van der Waals surface area contributed by atoms with Crippen LogP contribution in [0.2, 0.25) is 0 Å². The second-order valence-electron chi connectivity index (χ2n) is 5.94. The Morgan fingerprint density at radius 3 is 2.52 bits per heavy atom. The van der Waals surface area contributed by atoms with Crippen LogP contribution >= 0.6 is 0 Å². The van der Waals surface area contributed by atoms with Gasteiger partial charge in [0.05, 0.1) is 5.56 Å². The third-order valence-corrected chi connectivity index (χ3v) is 4.08. The first-order valence-electron chi connectivity index (χ1n) is 8.62. The molecular weight excluding hydrogens is 290 g/mol. The fourth-order valence-corrected chi connectivity index (χ4v) is 2.79. The van der Waals surface area contributed by atoms with E-state index in [1.54, 1.807) is 6.07 Å². The average molecular weight is 317 g/mol. The molecule has 2 rings (SSSR count). The first-order chi connectivity index (χ1) is 11.2. The molecule has 1 aromatic carbocycles. The molecule has 0 aliphatic carbocycles. The molecule has 1 aromatic rings. The predicted octanol–water partition coefficient (Wildman–Crippen LogP) is 3.17. The zero-order chi connectivity index (χ0) is 16.7. The maximum absolute atomic E-state index is 12.5. The van der Waals surface area contributed by atoms with Gasteiger partial charge in [-0.05, 0) is 43.9 Å². The molecule has 1 aliphatic rings. The summed E-state index contributed by atoms with van der Waals surface area (Å²) in [5.41, 5.74) is 2.29. The van der Waals surface area contributed by atoms with Crippen molar-refractivity contribution in [1.82, 2.24) is 5.32 Å². The second kappa shape index (κ2) is 8.56. The Hall–Kier alpha value is -2.04. The summed E-state index contributed by atoms with van der Waals surface area (Å²) in [5, 5.41) is 5.78. The number of amides is 2. The van der Waals surface area contributed by atoms with E-state index in [9.17, 15) is 9.59 Å². The van der Waals surface area contributed by atoms with Crippen molar-refractivity contribution in [2.24, 2.45) is 0 Å². The van der Waals surface area contributed by atoms with Gasteiger partial charge in [-0.25, -0.2) is 0 Å². The van der Waals surface area contributed by atoms with Crippen LogP contribution in [0.1, 0.15) is 56.3 Å². The first kappa shape index (κ1) is 17.3. The van der Waals surface area contributed by atoms with Gasteiger partial charge in [-0.2, -0.15) is 0 Å². The largest absolute Gasteiger partial charge is 0.371 e. The van der Waals surface area contributed by atoms with Gasteiger partial charge in [0.15, 0.2) is 0 Å². The lowest BCUT2D eigenvalue weighted by atomic mass is 10.1. The van der Waals surface area contributed by atoms with Gasteiger partial charge in [-0.1, -0.05) is 13.8 Å². The van der Waals surface area contributed by atoms with Crippen molar-refractivity contribution in [3.63, 3.8) is 0 Å². The monoisotopic (exact) mass is 317 g/mol. The number of hydrogen-bond acceptors (Lipinski definition) is 3. The minimum Gasteiger partial charge on any atom is -0.371 e. The minimum absolute atomic E-state index is 0.0457. The Bertz CT molecular complexity index is 551. The van der Waals surface area contributed by atoms with E-state index in [1.807, 2.05) is 26.0 Å². The summed E-state index contributed by atoms with van der Waals surface area (Å²) < 4.78 is 0. The highest BCUT2D eigenvalue weighted by Crippen LogP contribution is 2.27. The summed E-state index contributed by atoms with van der Waals surface area (Å²) in [6, 6.07) is 5.63. The number of anilines is 2. The molecule has 0 unspecified atom stereocenters. The molecule has 0 spiro atoms. The lowest BCUT2D eigenvalue weighted by Gasteiger charge is -2.30. The Labute approximate surface area is 138 Å². The lowest BCUT2D eigenvalue weighted by molar-refractivity contribution is -0.115. The van der Waals surface area contributed by atoms with E-state index in [-0.39, 0.29) is 11.8 Å². The van der Waals surface area contributed by atoms with Crippen LogP contribution in [0.15, 0.2) is 18.2 Å². The number of benzene rings is 1. The average Bonchev–Trinajstić information content (AvgIpc) is 2.60. The van der Waals surface area contributed by atoms with Crippen molar-refractivity contribution < 1.29 is 9.59 Å². The molecule has 1 heterocycles. The van der Waals surface area contributed by atoms with Crippen LogP contribution in [-0.4, -0.2) is 31.4 Å². The summed E-state index contributed by atoms with van der Waals surface area (Å²) in [5.74, 6) is -0.115. The molecule has 1 fully saturated rings. The van der Waals surface area contributed by atoms with Crippen LogP contribution in [0.4, 0.5) is 11.4 Å². The molecule has 0 aromatic heterocycles. The molecule has 5 heteroatoms. The molecular formula is C18H27N3O2. The molecule has 126 valence electrons. The Kier molecular flexibility index (Phi) is 6.44. The Morgan fingerprint density at radius 1 is 1.13 bits per heavy atom. The van der Waals surface area contributed by atoms with Crippen molar-refractivity contribution in [1.29, 1.82) is 0 Å². The van der Waals surface area contributed by atoms with E-state index in [4.69, 9.17) is 0 Å². The van der Waals surface area contributed by atoms with Crippen molar-refractivity contribution in [2.75, 3.05) is 29.9 Å². The van der Waals surface area contributed by atoms with Crippen molar-refractivity contribution >= 4 is 23.2 Å². The Morgan fingerprint density at radius 2 is 1.87 bits per heavy atom. The van der Waals surface area contributed by atoms with E-state index < -0.39 is 0 Å². The number of piperidine rings is 1. The molecule has 2 N–H and O–H groups in total. The molecule has 5 nitrogen and oxygen atoms in total. The maximum Gasteiger partial charge on any atom is 0.253 e. The van der Waals surface area contributed by atoms with Gasteiger partial charge < -0.3 is 15.5 Å². The quantitative estimate of drug-likeness (QED) is 0.847. The van der Waals surface area contributed by atoms with Crippen LogP contribution in [0.3, 0.4) is 0 Å². The van der Waals surface area contributed by atoms with Crippen molar-refractivity contribution in [3.05, 3.63) is 23.8 Å². The lowest BCUT2D eigenvalue weighted by Crippen LogP contribution is -2.33. The van der Waals surface area contributed by atoms with Gasteiger partial charge in [0, 0.05) is 37.4 Å². The number of carbonyl (C=O) groups is 2. The number of nitrogens with zero attached hydrogens (tertiary/aromatic N) is 1. The third-order valence-electron chi connectivity index (χ3n) is 4.08. The molecule has 1 aliphatic heterocycles. The number of rotatable bonds is 6. The highest BCUT2D eigenvalue weighted by atomic mass is 16.2.